The first-order valence-corrected chi connectivity index (χ1v) is 16.3. The normalized spacial score (nSPS) is 27.4. The molecule has 5 aliphatic heterocycles. The molecule has 232 valence electrons. The van der Waals surface area contributed by atoms with Gasteiger partial charge in [-0.15, -0.1) is 0 Å². The molecule has 3 fully saturated rings. The number of carbonyl (C=O) groups is 4. The zero-order chi connectivity index (χ0) is 31.3. The van der Waals surface area contributed by atoms with Crippen LogP contribution in [0, 0.1) is 0 Å². The first-order valence-electron chi connectivity index (χ1n) is 14.0. The molecule has 14 heteroatoms. The van der Waals surface area contributed by atoms with Gasteiger partial charge in [0.05, 0.1) is 29.4 Å². The number of imide groups is 1. The predicted octanol–water partition coefficient (Wildman–Crippen LogP) is 3.81. The maximum atomic E-state index is 12.1. The topological polar surface area (TPSA) is 138 Å². The molecule has 4 amide bonds. The highest BCUT2D eigenvalue weighted by molar-refractivity contribution is 9.10. The first kappa shape index (κ1) is 32.6. The average molecular weight is 796 g/mol. The summed E-state index contributed by atoms with van der Waals surface area (Å²) < 4.78 is 13.8. The Morgan fingerprint density at radius 2 is 1.39 bits per heavy atom. The van der Waals surface area contributed by atoms with E-state index in [4.69, 9.17) is 9.47 Å². The van der Waals surface area contributed by atoms with Gasteiger partial charge in [-0.05, 0) is 55.5 Å². The molecule has 2 aromatic rings. The van der Waals surface area contributed by atoms with Crippen molar-refractivity contribution in [3.05, 3.63) is 80.8 Å². The van der Waals surface area contributed by atoms with E-state index in [0.29, 0.717) is 18.9 Å². The summed E-state index contributed by atoms with van der Waals surface area (Å²) in [6.45, 7) is 2.55. The van der Waals surface area contributed by atoms with E-state index >= 15 is 0 Å². The fourth-order valence-electron chi connectivity index (χ4n) is 5.30. The quantitative estimate of drug-likeness (QED) is 0.311. The van der Waals surface area contributed by atoms with Crippen LogP contribution in [0.2, 0.25) is 0 Å². The van der Waals surface area contributed by atoms with Crippen LogP contribution in [0.5, 0.6) is 0 Å². The standard InChI is InChI=1S/C13H15BrN2O2.C13H13BrN2O2.C4H2BrNO2/c2*14-10-4-2-9(3-5-10)11-12(17)16-13(15-11)6-1-7-18-8-13;5-6-3(7)1-2-4(6)8/h2-5,11,15H,1,6-8H2,(H,16,17);2-5H,1,6-8H2,(H,16,17);1-2H. The summed E-state index contributed by atoms with van der Waals surface area (Å²) >= 11 is 9.52. The first-order chi connectivity index (χ1) is 21.1. The Bertz CT molecular complexity index is 1450. The number of aliphatic imine (C=N–C) groups is 1. The van der Waals surface area contributed by atoms with Gasteiger partial charge in [0.15, 0.2) is 5.66 Å². The molecule has 44 heavy (non-hydrogen) atoms. The van der Waals surface area contributed by atoms with Crippen molar-refractivity contribution >= 4 is 77.3 Å². The summed E-state index contributed by atoms with van der Waals surface area (Å²) in [5, 5.41) is 9.39. The van der Waals surface area contributed by atoms with Crippen LogP contribution in [0.25, 0.3) is 0 Å². The minimum Gasteiger partial charge on any atom is -0.378 e. The smallest absolute Gasteiger partial charge is 0.272 e. The maximum Gasteiger partial charge on any atom is 0.272 e. The Morgan fingerprint density at radius 1 is 0.795 bits per heavy atom. The minimum atomic E-state index is -0.530. The van der Waals surface area contributed by atoms with Gasteiger partial charge < -0.3 is 20.1 Å². The molecule has 3 saturated heterocycles. The van der Waals surface area contributed by atoms with Crippen LogP contribution in [0.15, 0.2) is 74.6 Å². The van der Waals surface area contributed by atoms with Crippen molar-refractivity contribution in [3.63, 3.8) is 0 Å². The Kier molecular flexibility index (Phi) is 10.5. The van der Waals surface area contributed by atoms with Crippen LogP contribution in [0.3, 0.4) is 0 Å². The molecule has 5 heterocycles. The number of ether oxygens (including phenoxy) is 2. The molecule has 2 spiro atoms. The average Bonchev–Trinajstić information content (AvgIpc) is 3.62. The van der Waals surface area contributed by atoms with Gasteiger partial charge in [-0.1, -0.05) is 56.1 Å². The lowest BCUT2D eigenvalue weighted by atomic mass is 10.0. The molecular formula is C30H30Br3N5O6. The molecule has 0 aromatic heterocycles. The van der Waals surface area contributed by atoms with E-state index in [1.807, 2.05) is 48.5 Å². The third kappa shape index (κ3) is 7.72. The number of carbonyl (C=O) groups excluding carboxylic acids is 4. The van der Waals surface area contributed by atoms with Crippen molar-refractivity contribution in [1.82, 2.24) is 19.9 Å². The fourth-order valence-corrected chi connectivity index (χ4v) is 6.06. The van der Waals surface area contributed by atoms with Gasteiger partial charge in [0.25, 0.3) is 17.7 Å². The minimum absolute atomic E-state index is 0.0304. The van der Waals surface area contributed by atoms with Crippen molar-refractivity contribution in [2.75, 3.05) is 26.4 Å². The van der Waals surface area contributed by atoms with Crippen molar-refractivity contribution in [2.24, 2.45) is 4.99 Å². The van der Waals surface area contributed by atoms with Crippen molar-refractivity contribution < 1.29 is 28.7 Å². The summed E-state index contributed by atoms with van der Waals surface area (Å²) in [6, 6.07) is 15.2. The molecule has 3 atom stereocenters. The molecule has 0 bridgehead atoms. The van der Waals surface area contributed by atoms with Crippen LogP contribution in [-0.4, -0.2) is 71.0 Å². The zero-order valence-corrected chi connectivity index (χ0v) is 28.2. The number of nitrogens with zero attached hydrogens (tertiary/aromatic N) is 2. The molecule has 11 nitrogen and oxygen atoms in total. The van der Waals surface area contributed by atoms with Crippen molar-refractivity contribution in [1.29, 1.82) is 0 Å². The highest BCUT2D eigenvalue weighted by atomic mass is 79.9. The van der Waals surface area contributed by atoms with Crippen molar-refractivity contribution in [2.45, 2.75) is 43.1 Å². The molecule has 5 aliphatic rings. The second-order valence-corrected chi connectivity index (χ2v) is 13.3. The molecule has 3 N–H and O–H groups in total. The van der Waals surface area contributed by atoms with Gasteiger partial charge in [0.2, 0.25) is 5.91 Å². The molecule has 2 aromatic carbocycles. The van der Waals surface area contributed by atoms with E-state index in [2.05, 4.69) is 68.9 Å². The number of hydrogen-bond donors (Lipinski definition) is 3. The third-order valence-electron chi connectivity index (χ3n) is 7.47. The van der Waals surface area contributed by atoms with Gasteiger partial charge in [-0.25, -0.2) is 8.92 Å². The number of benzene rings is 2. The van der Waals surface area contributed by atoms with Gasteiger partial charge >= 0.3 is 0 Å². The number of halogens is 3. The van der Waals surface area contributed by atoms with Gasteiger partial charge in [0, 0.05) is 39.9 Å². The van der Waals surface area contributed by atoms with Crippen LogP contribution in [0.1, 0.15) is 42.9 Å². The van der Waals surface area contributed by atoms with Crippen LogP contribution >= 0.6 is 48.0 Å². The summed E-state index contributed by atoms with van der Waals surface area (Å²) in [6.07, 6.45) is 6.08. The molecular weight excluding hydrogens is 766 g/mol. The highest BCUT2D eigenvalue weighted by Crippen LogP contribution is 2.29. The Balaban J connectivity index is 0.000000141. The lowest BCUT2D eigenvalue weighted by Gasteiger charge is -2.33. The number of nitrogens with one attached hydrogen (secondary N) is 3. The van der Waals surface area contributed by atoms with E-state index in [1.54, 1.807) is 0 Å². The van der Waals surface area contributed by atoms with Crippen LogP contribution in [-0.2, 0) is 28.7 Å². The lowest BCUT2D eigenvalue weighted by molar-refractivity contribution is -0.130. The van der Waals surface area contributed by atoms with E-state index in [0.717, 1.165) is 62.9 Å². The second kappa shape index (κ2) is 14.1. The van der Waals surface area contributed by atoms with Gasteiger partial charge in [0.1, 0.15) is 17.4 Å². The molecule has 3 unspecified atom stereocenters. The number of rotatable bonds is 2. The maximum absolute atomic E-state index is 12.1. The molecule has 7 rings (SSSR count). The van der Waals surface area contributed by atoms with Crippen LogP contribution < -0.4 is 16.0 Å². The Morgan fingerprint density at radius 3 is 1.91 bits per heavy atom. The largest absolute Gasteiger partial charge is 0.378 e. The van der Waals surface area contributed by atoms with Crippen molar-refractivity contribution in [3.8, 4) is 0 Å². The van der Waals surface area contributed by atoms with Gasteiger partial charge in [-0.3, -0.25) is 24.5 Å². The lowest BCUT2D eigenvalue weighted by Crippen LogP contribution is -2.55. The van der Waals surface area contributed by atoms with E-state index in [-0.39, 0.29) is 35.3 Å². The zero-order valence-electron chi connectivity index (χ0n) is 23.5. The summed E-state index contributed by atoms with van der Waals surface area (Å²) in [5.41, 5.74) is 1.44. The molecule has 0 aliphatic carbocycles. The van der Waals surface area contributed by atoms with Gasteiger partial charge in [-0.2, -0.15) is 0 Å². The Hall–Kier alpha value is -2.75. The highest BCUT2D eigenvalue weighted by Gasteiger charge is 2.45. The van der Waals surface area contributed by atoms with Crippen LogP contribution in [0.4, 0.5) is 0 Å². The third-order valence-corrected chi connectivity index (χ3v) is 9.23. The molecule has 0 radical (unpaired) electrons. The van der Waals surface area contributed by atoms with E-state index in [1.165, 1.54) is 12.2 Å². The number of amides is 4. The monoisotopic (exact) mass is 793 g/mol. The number of hydrogen-bond acceptors (Lipinski definition) is 8. The van der Waals surface area contributed by atoms with E-state index in [9.17, 15) is 19.2 Å². The fraction of sp³-hybridized carbons (Fsp3) is 0.367. The van der Waals surface area contributed by atoms with E-state index < -0.39 is 5.66 Å². The summed E-state index contributed by atoms with van der Waals surface area (Å²) in [4.78, 5) is 49.4. The SMILES string of the molecule is O=C1C=CC(=O)N1Br.O=C1NC2(CCCOC2)N=C1c1ccc(Br)cc1.O=C1NC2(CCCOC2)NC1c1ccc(Br)cc1. The second-order valence-electron chi connectivity index (χ2n) is 10.8. The predicted molar refractivity (Wildman–Crippen MR) is 172 cm³/mol. The molecule has 0 saturated carbocycles. The summed E-state index contributed by atoms with van der Waals surface area (Å²) in [5.74, 6) is -0.726. The Labute approximate surface area is 279 Å². The summed E-state index contributed by atoms with van der Waals surface area (Å²) in [7, 11) is 0.